The van der Waals surface area contributed by atoms with E-state index in [4.69, 9.17) is 0 Å². The van der Waals surface area contributed by atoms with E-state index in [0.717, 1.165) is 37.2 Å². The normalized spacial score (nSPS) is 16.5. The Morgan fingerprint density at radius 2 is 2.00 bits per heavy atom. The largest absolute Gasteiger partial charge is 0.294 e. The smallest absolute Gasteiger partial charge is 0.162 e. The average molecular weight is 258 g/mol. The molecule has 0 aliphatic heterocycles. The molecule has 0 amide bonds. The summed E-state index contributed by atoms with van der Waals surface area (Å²) in [5.74, 6) is 1.14. The predicted octanol–water partition coefficient (Wildman–Crippen LogP) is 5.18. The maximum Gasteiger partial charge on any atom is 0.162 e. The van der Waals surface area contributed by atoms with Crippen molar-refractivity contribution in [2.24, 2.45) is 5.92 Å². The first-order valence-electron chi connectivity index (χ1n) is 7.91. The number of Topliss-reactive ketones (excluding diaryl/α,β-unsaturated/α-hetero) is 1. The van der Waals surface area contributed by atoms with Crippen LogP contribution in [0.15, 0.2) is 24.3 Å². The molecule has 0 saturated heterocycles. The van der Waals surface area contributed by atoms with E-state index in [1.54, 1.807) is 0 Å². The van der Waals surface area contributed by atoms with Gasteiger partial charge in [0.15, 0.2) is 5.78 Å². The van der Waals surface area contributed by atoms with Crippen LogP contribution in [-0.4, -0.2) is 5.78 Å². The number of ketones is 1. The third kappa shape index (κ3) is 4.49. The van der Waals surface area contributed by atoms with E-state index in [1.165, 1.54) is 37.7 Å². The first kappa shape index (κ1) is 14.3. The van der Waals surface area contributed by atoms with E-state index < -0.39 is 0 Å². The molecule has 104 valence electrons. The van der Waals surface area contributed by atoms with E-state index >= 15 is 0 Å². The highest BCUT2D eigenvalue weighted by atomic mass is 16.1. The Hall–Kier alpha value is -1.11. The van der Waals surface area contributed by atoms with Crippen molar-refractivity contribution in [1.82, 2.24) is 0 Å². The Labute approximate surface area is 117 Å². The summed E-state index contributed by atoms with van der Waals surface area (Å²) >= 11 is 0. The number of carbonyl (C=O) groups excluding carboxylic acids is 1. The van der Waals surface area contributed by atoms with Gasteiger partial charge in [-0.25, -0.2) is 0 Å². The molecular formula is C18H26O. The van der Waals surface area contributed by atoms with Crippen molar-refractivity contribution in [3.8, 4) is 0 Å². The third-order valence-electron chi connectivity index (χ3n) is 4.29. The van der Waals surface area contributed by atoms with Crippen LogP contribution in [0.25, 0.3) is 0 Å². The standard InChI is InChI=1S/C18H26O/c1-2-7-16-10-6-11-17(14-16)18(19)13-12-15-8-4-3-5-9-15/h6,10-11,14-15H,2-5,7-9,12-13H2,1H3. The van der Waals surface area contributed by atoms with Crippen molar-refractivity contribution in [2.75, 3.05) is 0 Å². The zero-order valence-electron chi connectivity index (χ0n) is 12.2. The maximum absolute atomic E-state index is 12.2. The molecule has 0 heterocycles. The summed E-state index contributed by atoms with van der Waals surface area (Å²) in [6.07, 6.45) is 10.8. The lowest BCUT2D eigenvalue weighted by Gasteiger charge is -2.20. The Morgan fingerprint density at radius 1 is 1.21 bits per heavy atom. The van der Waals surface area contributed by atoms with Gasteiger partial charge in [0.1, 0.15) is 0 Å². The molecule has 1 aliphatic rings. The number of benzene rings is 1. The second kappa shape index (κ2) is 7.47. The molecule has 0 aromatic heterocycles. The van der Waals surface area contributed by atoms with Gasteiger partial charge in [0, 0.05) is 12.0 Å². The summed E-state index contributed by atoms with van der Waals surface area (Å²) in [6.45, 7) is 2.18. The molecule has 1 fully saturated rings. The van der Waals surface area contributed by atoms with Crippen molar-refractivity contribution in [2.45, 2.75) is 64.7 Å². The van der Waals surface area contributed by atoms with Gasteiger partial charge in [-0.15, -0.1) is 0 Å². The van der Waals surface area contributed by atoms with Crippen LogP contribution >= 0.6 is 0 Å². The molecule has 1 aromatic carbocycles. The quantitative estimate of drug-likeness (QED) is 0.642. The molecule has 1 nitrogen and oxygen atoms in total. The fraction of sp³-hybridized carbons (Fsp3) is 0.611. The molecule has 2 rings (SSSR count). The van der Waals surface area contributed by atoms with Gasteiger partial charge in [-0.05, 0) is 30.4 Å². The number of aryl methyl sites for hydroxylation is 1. The minimum Gasteiger partial charge on any atom is -0.294 e. The zero-order chi connectivity index (χ0) is 13.5. The average Bonchev–Trinajstić information content (AvgIpc) is 2.46. The van der Waals surface area contributed by atoms with Crippen LogP contribution < -0.4 is 0 Å². The van der Waals surface area contributed by atoms with Crippen molar-refractivity contribution in [1.29, 1.82) is 0 Å². The maximum atomic E-state index is 12.2. The summed E-state index contributed by atoms with van der Waals surface area (Å²) in [5.41, 5.74) is 2.22. The van der Waals surface area contributed by atoms with E-state index in [9.17, 15) is 4.79 Å². The van der Waals surface area contributed by atoms with Crippen LogP contribution in [0.2, 0.25) is 0 Å². The molecule has 0 bridgehead atoms. The highest BCUT2D eigenvalue weighted by Gasteiger charge is 2.15. The zero-order valence-corrected chi connectivity index (χ0v) is 12.2. The fourth-order valence-electron chi connectivity index (χ4n) is 3.14. The van der Waals surface area contributed by atoms with Gasteiger partial charge < -0.3 is 0 Å². The van der Waals surface area contributed by atoms with E-state index in [0.29, 0.717) is 5.78 Å². The molecule has 1 aromatic rings. The van der Waals surface area contributed by atoms with Gasteiger partial charge in [-0.3, -0.25) is 4.79 Å². The van der Waals surface area contributed by atoms with Gasteiger partial charge in [0.25, 0.3) is 0 Å². The Bertz CT molecular complexity index is 402. The summed E-state index contributed by atoms with van der Waals surface area (Å²) in [5, 5.41) is 0. The number of rotatable bonds is 6. The van der Waals surface area contributed by atoms with Crippen LogP contribution in [0.4, 0.5) is 0 Å². The van der Waals surface area contributed by atoms with Crippen molar-refractivity contribution in [3.63, 3.8) is 0 Å². The molecule has 0 unspecified atom stereocenters. The molecule has 0 atom stereocenters. The lowest BCUT2D eigenvalue weighted by atomic mass is 9.85. The minimum atomic E-state index is 0.337. The van der Waals surface area contributed by atoms with E-state index in [-0.39, 0.29) is 0 Å². The number of hydrogen-bond donors (Lipinski definition) is 0. The molecule has 0 N–H and O–H groups in total. The SMILES string of the molecule is CCCc1cccc(C(=O)CCC2CCCCC2)c1. The van der Waals surface area contributed by atoms with Crippen LogP contribution in [0, 0.1) is 5.92 Å². The molecule has 1 saturated carbocycles. The van der Waals surface area contributed by atoms with Gasteiger partial charge in [-0.1, -0.05) is 63.6 Å². The molecule has 1 heteroatoms. The van der Waals surface area contributed by atoms with Gasteiger partial charge in [0.2, 0.25) is 0 Å². The number of carbonyl (C=O) groups is 1. The van der Waals surface area contributed by atoms with Crippen molar-refractivity contribution in [3.05, 3.63) is 35.4 Å². The molecule has 1 aliphatic carbocycles. The highest BCUT2D eigenvalue weighted by Crippen LogP contribution is 2.27. The van der Waals surface area contributed by atoms with Crippen LogP contribution in [0.1, 0.15) is 74.2 Å². The topological polar surface area (TPSA) is 17.1 Å². The molecule has 0 radical (unpaired) electrons. The van der Waals surface area contributed by atoms with Gasteiger partial charge >= 0.3 is 0 Å². The minimum absolute atomic E-state index is 0.337. The fourth-order valence-corrected chi connectivity index (χ4v) is 3.14. The van der Waals surface area contributed by atoms with E-state index in [2.05, 4.69) is 19.1 Å². The van der Waals surface area contributed by atoms with Crippen LogP contribution in [-0.2, 0) is 6.42 Å². The second-order valence-electron chi connectivity index (χ2n) is 5.92. The van der Waals surface area contributed by atoms with Crippen LogP contribution in [0.5, 0.6) is 0 Å². The Balaban J connectivity index is 1.86. The van der Waals surface area contributed by atoms with E-state index in [1.807, 2.05) is 12.1 Å². The summed E-state index contributed by atoms with van der Waals surface area (Å²) in [4.78, 5) is 12.2. The summed E-state index contributed by atoms with van der Waals surface area (Å²) in [7, 11) is 0. The monoisotopic (exact) mass is 258 g/mol. The van der Waals surface area contributed by atoms with Crippen molar-refractivity contribution < 1.29 is 4.79 Å². The predicted molar refractivity (Wildman–Crippen MR) is 80.6 cm³/mol. The molecule has 19 heavy (non-hydrogen) atoms. The second-order valence-corrected chi connectivity index (χ2v) is 5.92. The first-order chi connectivity index (χ1) is 9.29. The Kier molecular flexibility index (Phi) is 5.62. The van der Waals surface area contributed by atoms with Crippen LogP contribution in [0.3, 0.4) is 0 Å². The molecule has 0 spiro atoms. The Morgan fingerprint density at radius 3 is 2.74 bits per heavy atom. The van der Waals surface area contributed by atoms with Gasteiger partial charge in [-0.2, -0.15) is 0 Å². The third-order valence-corrected chi connectivity index (χ3v) is 4.29. The lowest BCUT2D eigenvalue weighted by Crippen LogP contribution is -2.09. The highest BCUT2D eigenvalue weighted by molar-refractivity contribution is 5.96. The molecular weight excluding hydrogens is 232 g/mol. The number of hydrogen-bond acceptors (Lipinski definition) is 1. The summed E-state index contributed by atoms with van der Waals surface area (Å²) in [6, 6.07) is 8.22. The lowest BCUT2D eigenvalue weighted by molar-refractivity contribution is 0.0970. The van der Waals surface area contributed by atoms with Crippen molar-refractivity contribution >= 4 is 5.78 Å². The first-order valence-corrected chi connectivity index (χ1v) is 7.91. The summed E-state index contributed by atoms with van der Waals surface area (Å²) < 4.78 is 0. The van der Waals surface area contributed by atoms with Gasteiger partial charge in [0.05, 0.1) is 0 Å².